The summed E-state index contributed by atoms with van der Waals surface area (Å²) in [5, 5.41) is 6.00. The van der Waals surface area contributed by atoms with Crippen LogP contribution in [0.3, 0.4) is 0 Å². The van der Waals surface area contributed by atoms with Crippen molar-refractivity contribution in [1.29, 1.82) is 0 Å². The molecule has 1 atom stereocenters. The second kappa shape index (κ2) is 5.53. The number of benzene rings is 1. The van der Waals surface area contributed by atoms with Gasteiger partial charge < -0.3 is 20.6 Å². The van der Waals surface area contributed by atoms with E-state index in [1.165, 1.54) is 0 Å². The molecule has 2 aromatic rings. The fraction of sp³-hybridized carbons (Fsp3) is 0.357. The lowest BCUT2D eigenvalue weighted by molar-refractivity contribution is -0.118. The zero-order valence-corrected chi connectivity index (χ0v) is 11.4. The van der Waals surface area contributed by atoms with Crippen LogP contribution in [0, 0.1) is 0 Å². The number of amides is 1. The van der Waals surface area contributed by atoms with Crippen LogP contribution >= 0.6 is 0 Å². The second-order valence-electron chi connectivity index (χ2n) is 5.16. The molecule has 3 rings (SSSR count). The van der Waals surface area contributed by atoms with E-state index in [1.54, 1.807) is 18.2 Å². The number of rotatable bonds is 2. The van der Waals surface area contributed by atoms with Gasteiger partial charge in [-0.25, -0.2) is 0 Å². The van der Waals surface area contributed by atoms with E-state index in [0.29, 0.717) is 16.7 Å². The molecule has 1 aromatic carbocycles. The molecule has 0 aliphatic carbocycles. The van der Waals surface area contributed by atoms with Crippen molar-refractivity contribution in [3.63, 3.8) is 0 Å². The van der Waals surface area contributed by atoms with Crippen molar-refractivity contribution in [3.05, 3.63) is 38.9 Å². The quantitative estimate of drug-likeness (QED) is 0.596. The van der Waals surface area contributed by atoms with E-state index >= 15 is 0 Å². The van der Waals surface area contributed by atoms with Crippen LogP contribution in [0.5, 0.6) is 0 Å². The second-order valence-corrected chi connectivity index (χ2v) is 5.16. The molecule has 7 nitrogen and oxygen atoms in total. The van der Waals surface area contributed by atoms with Crippen LogP contribution < -0.4 is 21.8 Å². The summed E-state index contributed by atoms with van der Waals surface area (Å²) in [6.07, 6.45) is 2.95. The van der Waals surface area contributed by atoms with Crippen LogP contribution in [-0.2, 0) is 4.79 Å². The average molecular weight is 288 g/mol. The summed E-state index contributed by atoms with van der Waals surface area (Å²) < 4.78 is 0. The number of nitrogens with one attached hydrogen (secondary N) is 4. The van der Waals surface area contributed by atoms with Crippen LogP contribution in [0.1, 0.15) is 19.3 Å². The third-order valence-electron chi connectivity index (χ3n) is 3.62. The van der Waals surface area contributed by atoms with Gasteiger partial charge in [0.1, 0.15) is 0 Å². The number of hydrogen-bond donors (Lipinski definition) is 4. The zero-order chi connectivity index (χ0) is 14.8. The molecule has 1 saturated heterocycles. The van der Waals surface area contributed by atoms with E-state index in [2.05, 4.69) is 20.6 Å². The number of aromatic amines is 2. The molecule has 1 fully saturated rings. The van der Waals surface area contributed by atoms with Crippen molar-refractivity contribution in [2.45, 2.75) is 25.3 Å². The molecule has 1 aliphatic heterocycles. The number of hydrogen-bond acceptors (Lipinski definition) is 4. The molecule has 0 bridgehead atoms. The lowest BCUT2D eigenvalue weighted by atomic mass is 10.0. The Kier molecular flexibility index (Phi) is 3.57. The summed E-state index contributed by atoms with van der Waals surface area (Å²) in [5.41, 5.74) is 0.190. The Morgan fingerprint density at radius 3 is 2.57 bits per heavy atom. The molecule has 0 spiro atoms. The number of anilines is 1. The summed E-state index contributed by atoms with van der Waals surface area (Å²) in [7, 11) is 0. The van der Waals surface area contributed by atoms with Crippen molar-refractivity contribution in [1.82, 2.24) is 15.3 Å². The first-order valence-corrected chi connectivity index (χ1v) is 6.94. The molecule has 110 valence electrons. The highest BCUT2D eigenvalue weighted by Gasteiger charge is 2.20. The van der Waals surface area contributed by atoms with E-state index in [4.69, 9.17) is 0 Å². The number of fused-ring (bicyclic) bond motifs is 1. The van der Waals surface area contributed by atoms with E-state index in [-0.39, 0.29) is 11.9 Å². The van der Waals surface area contributed by atoms with Crippen molar-refractivity contribution in [3.8, 4) is 0 Å². The summed E-state index contributed by atoms with van der Waals surface area (Å²) >= 11 is 0. The highest BCUT2D eigenvalue weighted by atomic mass is 16.2. The van der Waals surface area contributed by atoms with E-state index in [1.807, 2.05) is 0 Å². The van der Waals surface area contributed by atoms with Crippen LogP contribution in [0.4, 0.5) is 5.69 Å². The van der Waals surface area contributed by atoms with E-state index in [9.17, 15) is 14.4 Å². The zero-order valence-electron chi connectivity index (χ0n) is 11.4. The minimum atomic E-state index is -0.708. The van der Waals surface area contributed by atoms with Gasteiger partial charge in [-0.3, -0.25) is 14.4 Å². The summed E-state index contributed by atoms with van der Waals surface area (Å²) in [6, 6.07) is 4.80. The number of carbonyl (C=O) groups excluding carboxylic acids is 1. The Balaban J connectivity index is 1.84. The van der Waals surface area contributed by atoms with Crippen LogP contribution in [-0.4, -0.2) is 28.5 Å². The average Bonchev–Trinajstić information content (AvgIpc) is 2.49. The molecule has 2 heterocycles. The monoisotopic (exact) mass is 288 g/mol. The largest absolute Gasteiger partial charge is 0.325 e. The van der Waals surface area contributed by atoms with Gasteiger partial charge >= 0.3 is 11.1 Å². The van der Waals surface area contributed by atoms with Crippen LogP contribution in [0.25, 0.3) is 11.0 Å². The SMILES string of the molecule is O=C(Nc1ccc2[nH]c(=O)c(=O)[nH]c2c1)[C@H]1CCCCN1. The molecule has 21 heavy (non-hydrogen) atoms. The van der Waals surface area contributed by atoms with Crippen molar-refractivity contribution in [2.24, 2.45) is 0 Å². The van der Waals surface area contributed by atoms with Crippen LogP contribution in [0.15, 0.2) is 27.8 Å². The number of H-pyrrole nitrogens is 2. The predicted molar refractivity (Wildman–Crippen MR) is 79.5 cm³/mol. The van der Waals surface area contributed by atoms with Gasteiger partial charge in [-0.2, -0.15) is 0 Å². The molecule has 1 amide bonds. The third kappa shape index (κ3) is 2.87. The maximum absolute atomic E-state index is 12.1. The molecular formula is C14H16N4O3. The number of piperidine rings is 1. The first-order valence-electron chi connectivity index (χ1n) is 6.94. The molecule has 1 aliphatic rings. The lowest BCUT2D eigenvalue weighted by Gasteiger charge is -2.22. The highest BCUT2D eigenvalue weighted by Crippen LogP contribution is 2.15. The van der Waals surface area contributed by atoms with Gasteiger partial charge in [-0.15, -0.1) is 0 Å². The minimum absolute atomic E-state index is 0.0826. The molecule has 0 radical (unpaired) electrons. The van der Waals surface area contributed by atoms with Gasteiger partial charge in [-0.1, -0.05) is 6.42 Å². The van der Waals surface area contributed by atoms with Gasteiger partial charge in [0.25, 0.3) is 0 Å². The van der Waals surface area contributed by atoms with E-state index < -0.39 is 11.1 Å². The van der Waals surface area contributed by atoms with Gasteiger partial charge in [0.15, 0.2) is 0 Å². The van der Waals surface area contributed by atoms with Crippen LogP contribution in [0.2, 0.25) is 0 Å². The minimum Gasteiger partial charge on any atom is -0.325 e. The molecule has 1 aromatic heterocycles. The summed E-state index contributed by atoms with van der Waals surface area (Å²) in [5.74, 6) is -0.0826. The Morgan fingerprint density at radius 1 is 1.10 bits per heavy atom. The normalized spacial score (nSPS) is 18.6. The predicted octanol–water partition coefficient (Wildman–Crippen LogP) is 0.297. The van der Waals surface area contributed by atoms with Gasteiger partial charge in [0.05, 0.1) is 17.1 Å². The summed E-state index contributed by atoms with van der Waals surface area (Å²) in [6.45, 7) is 0.852. The Labute approximate surface area is 119 Å². The van der Waals surface area contributed by atoms with Gasteiger partial charge in [-0.05, 0) is 37.6 Å². The van der Waals surface area contributed by atoms with Crippen molar-refractivity contribution >= 4 is 22.6 Å². The Hall–Kier alpha value is -2.41. The van der Waals surface area contributed by atoms with Gasteiger partial charge in [0, 0.05) is 5.69 Å². The topological polar surface area (TPSA) is 107 Å². The molecule has 0 unspecified atom stereocenters. The lowest BCUT2D eigenvalue weighted by Crippen LogP contribution is -2.43. The van der Waals surface area contributed by atoms with Crippen molar-refractivity contribution < 1.29 is 4.79 Å². The summed E-state index contributed by atoms with van der Waals surface area (Å²) in [4.78, 5) is 39.6. The van der Waals surface area contributed by atoms with E-state index in [0.717, 1.165) is 25.8 Å². The maximum atomic E-state index is 12.1. The number of carbonyl (C=O) groups is 1. The molecular weight excluding hydrogens is 272 g/mol. The first kappa shape index (κ1) is 13.6. The fourth-order valence-corrected chi connectivity index (χ4v) is 2.50. The smallest absolute Gasteiger partial charge is 0.314 e. The fourth-order valence-electron chi connectivity index (χ4n) is 2.50. The standard InChI is InChI=1S/C14H16N4O3/c19-12(10-3-1-2-6-15-10)16-8-4-5-9-11(7-8)18-14(21)13(20)17-9/h4-5,7,10,15H,1-3,6H2,(H,16,19)(H,17,20)(H,18,21)/t10-/m1/s1. The molecule has 7 heteroatoms. The maximum Gasteiger partial charge on any atom is 0.314 e. The number of aromatic nitrogens is 2. The van der Waals surface area contributed by atoms with Gasteiger partial charge in [0.2, 0.25) is 5.91 Å². The third-order valence-corrected chi connectivity index (χ3v) is 3.62. The highest BCUT2D eigenvalue weighted by molar-refractivity contribution is 5.96. The van der Waals surface area contributed by atoms with Crippen molar-refractivity contribution in [2.75, 3.05) is 11.9 Å². The Morgan fingerprint density at radius 2 is 1.86 bits per heavy atom. The molecule has 4 N–H and O–H groups in total. The first-order chi connectivity index (χ1) is 10.1. The molecule has 0 saturated carbocycles. The Bertz CT molecular complexity index is 787.